The maximum Gasteiger partial charge on any atom is 0.301 e. The number of unbranched alkanes of at least 4 members (excludes halogenated alkanes) is 2. The summed E-state index contributed by atoms with van der Waals surface area (Å²) in [7, 11) is 0. The summed E-state index contributed by atoms with van der Waals surface area (Å²) < 4.78 is 12.6. The van der Waals surface area contributed by atoms with Gasteiger partial charge in [-0.3, -0.25) is 14.5 Å². The lowest BCUT2D eigenvalue weighted by molar-refractivity contribution is -0.132. The number of aryl methyl sites for hydroxylation is 2. The molecule has 1 amide bonds. The molecule has 1 unspecified atom stereocenters. The highest BCUT2D eigenvalue weighted by Crippen LogP contribution is 2.44. The van der Waals surface area contributed by atoms with E-state index in [-0.39, 0.29) is 16.5 Å². The molecule has 50 heavy (non-hydrogen) atoms. The van der Waals surface area contributed by atoms with Crippen LogP contribution in [0.4, 0.5) is 5.13 Å². The number of ketones is 1. The lowest BCUT2D eigenvalue weighted by Gasteiger charge is -2.22. The van der Waals surface area contributed by atoms with E-state index < -0.39 is 17.7 Å². The van der Waals surface area contributed by atoms with Crippen LogP contribution in [0.25, 0.3) is 5.76 Å². The van der Waals surface area contributed by atoms with Gasteiger partial charge in [-0.25, -0.2) is 0 Å². The fraction of sp³-hybridized carbons (Fsp3) is 0.250. The van der Waals surface area contributed by atoms with Crippen molar-refractivity contribution in [1.82, 2.24) is 10.2 Å². The van der Waals surface area contributed by atoms with Gasteiger partial charge in [0.15, 0.2) is 4.34 Å². The number of thioether (sulfide) groups is 1. The van der Waals surface area contributed by atoms with Crippen molar-refractivity contribution in [2.24, 2.45) is 0 Å². The Hall–Kier alpha value is -4.93. The molecule has 8 nitrogen and oxygen atoms in total. The molecule has 0 aliphatic carbocycles. The largest absolute Gasteiger partial charge is 0.507 e. The molecule has 256 valence electrons. The van der Waals surface area contributed by atoms with E-state index in [1.165, 1.54) is 33.6 Å². The fourth-order valence-electron chi connectivity index (χ4n) is 5.62. The number of carbonyl (C=O) groups excluding carboxylic acids is 2. The molecule has 6 rings (SSSR count). The minimum atomic E-state index is -0.927. The molecule has 0 saturated carbocycles. The highest BCUT2D eigenvalue weighted by Gasteiger charge is 2.48. The summed E-state index contributed by atoms with van der Waals surface area (Å²) in [6.45, 7) is 7.22. The molecule has 2 heterocycles. The van der Waals surface area contributed by atoms with E-state index in [2.05, 4.69) is 41.4 Å². The number of aliphatic hydroxyl groups is 1. The second kappa shape index (κ2) is 16.2. The minimum Gasteiger partial charge on any atom is -0.507 e. The SMILES string of the molecule is CCCCCOc1ccc(C2C(=C(O)c3ccc(OCc4ccccc4C)cc3)C(=O)C(=O)N2c2nnc(SCc3ccc(C)cc3)s2)cc1. The highest BCUT2D eigenvalue weighted by atomic mass is 32.2. The van der Waals surface area contributed by atoms with Gasteiger partial charge in [0, 0.05) is 11.3 Å². The first-order valence-corrected chi connectivity index (χ1v) is 18.5. The van der Waals surface area contributed by atoms with Crippen molar-refractivity contribution < 1.29 is 24.2 Å². The van der Waals surface area contributed by atoms with E-state index in [1.807, 2.05) is 62.4 Å². The summed E-state index contributed by atoms with van der Waals surface area (Å²) in [5.41, 5.74) is 5.53. The van der Waals surface area contributed by atoms with Gasteiger partial charge in [0.2, 0.25) is 5.13 Å². The highest BCUT2D eigenvalue weighted by molar-refractivity contribution is 8.00. The van der Waals surface area contributed by atoms with Crippen LogP contribution in [0.1, 0.15) is 65.6 Å². The maximum absolute atomic E-state index is 13.8. The molecular formula is C40H39N3O5S2. The number of hydrogen-bond acceptors (Lipinski definition) is 9. The van der Waals surface area contributed by atoms with Crippen molar-refractivity contribution in [3.63, 3.8) is 0 Å². The van der Waals surface area contributed by atoms with Gasteiger partial charge in [-0.15, -0.1) is 10.2 Å². The second-order valence-corrected chi connectivity index (χ2v) is 14.3. The van der Waals surface area contributed by atoms with Crippen molar-refractivity contribution >= 4 is 45.7 Å². The summed E-state index contributed by atoms with van der Waals surface area (Å²) in [5.74, 6) is 0.133. The molecule has 4 aromatic carbocycles. The Kier molecular flexibility index (Phi) is 11.3. The average Bonchev–Trinajstić information content (AvgIpc) is 3.71. The predicted octanol–water partition coefficient (Wildman–Crippen LogP) is 9.22. The van der Waals surface area contributed by atoms with E-state index in [9.17, 15) is 14.7 Å². The van der Waals surface area contributed by atoms with E-state index in [4.69, 9.17) is 9.47 Å². The number of benzene rings is 4. The van der Waals surface area contributed by atoms with Gasteiger partial charge in [-0.05, 0) is 78.9 Å². The van der Waals surface area contributed by atoms with Crippen LogP contribution in [-0.4, -0.2) is 33.6 Å². The fourth-order valence-corrected chi connectivity index (χ4v) is 7.44. The van der Waals surface area contributed by atoms with E-state index in [0.29, 0.717) is 45.9 Å². The molecule has 1 aromatic heterocycles. The molecule has 1 N–H and O–H groups in total. The van der Waals surface area contributed by atoms with Crippen LogP contribution in [0.2, 0.25) is 0 Å². The third-order valence-corrected chi connectivity index (χ3v) is 10.7. The molecule has 0 bridgehead atoms. The zero-order valence-corrected chi connectivity index (χ0v) is 29.9. The zero-order chi connectivity index (χ0) is 35.0. The Morgan fingerprint density at radius 2 is 1.56 bits per heavy atom. The van der Waals surface area contributed by atoms with Crippen molar-refractivity contribution in [3.8, 4) is 11.5 Å². The number of Topliss-reactive ketones (excluding diaryl/α,β-unsaturated/α-hetero) is 1. The summed E-state index contributed by atoms with van der Waals surface area (Å²) in [5, 5.41) is 20.6. The van der Waals surface area contributed by atoms with E-state index in [1.54, 1.807) is 24.3 Å². The third kappa shape index (κ3) is 8.09. The molecule has 1 saturated heterocycles. The molecule has 1 fully saturated rings. The monoisotopic (exact) mass is 705 g/mol. The van der Waals surface area contributed by atoms with Crippen LogP contribution >= 0.6 is 23.1 Å². The number of anilines is 1. The zero-order valence-electron chi connectivity index (χ0n) is 28.3. The first kappa shape index (κ1) is 34.9. The summed E-state index contributed by atoms with van der Waals surface area (Å²) in [6.07, 6.45) is 3.14. The summed E-state index contributed by atoms with van der Waals surface area (Å²) in [6, 6.07) is 29.5. The lowest BCUT2D eigenvalue weighted by Crippen LogP contribution is -2.29. The normalized spacial score (nSPS) is 15.4. The van der Waals surface area contributed by atoms with Crippen molar-refractivity contribution in [2.75, 3.05) is 11.5 Å². The van der Waals surface area contributed by atoms with Crippen molar-refractivity contribution in [2.45, 2.75) is 62.8 Å². The predicted molar refractivity (Wildman–Crippen MR) is 199 cm³/mol. The van der Waals surface area contributed by atoms with Gasteiger partial charge in [0.1, 0.15) is 23.9 Å². The Labute approximate surface area is 300 Å². The molecule has 0 spiro atoms. The van der Waals surface area contributed by atoms with Crippen LogP contribution in [0.5, 0.6) is 11.5 Å². The van der Waals surface area contributed by atoms with Crippen LogP contribution < -0.4 is 14.4 Å². The smallest absolute Gasteiger partial charge is 0.301 e. The molecule has 1 aliphatic heterocycles. The number of aromatic nitrogens is 2. The van der Waals surface area contributed by atoms with Crippen molar-refractivity contribution in [1.29, 1.82) is 0 Å². The first-order valence-electron chi connectivity index (χ1n) is 16.7. The van der Waals surface area contributed by atoms with Gasteiger partial charge in [-0.1, -0.05) is 109 Å². The number of aliphatic hydroxyl groups excluding tert-OH is 1. The molecule has 10 heteroatoms. The summed E-state index contributed by atoms with van der Waals surface area (Å²) in [4.78, 5) is 28.8. The number of ether oxygens (including phenoxy) is 2. The third-order valence-electron chi connectivity index (χ3n) is 8.53. The van der Waals surface area contributed by atoms with E-state index >= 15 is 0 Å². The average molecular weight is 706 g/mol. The van der Waals surface area contributed by atoms with Crippen LogP contribution in [0, 0.1) is 13.8 Å². The molecule has 5 aromatic rings. The topological polar surface area (TPSA) is 102 Å². The Balaban J connectivity index is 1.29. The second-order valence-electron chi connectivity index (χ2n) is 12.2. The molecule has 0 radical (unpaired) electrons. The van der Waals surface area contributed by atoms with Crippen LogP contribution in [0.15, 0.2) is 107 Å². The minimum absolute atomic E-state index is 0.0238. The van der Waals surface area contributed by atoms with E-state index in [0.717, 1.165) is 36.0 Å². The quantitative estimate of drug-likeness (QED) is 0.0305. The Morgan fingerprint density at radius 1 is 0.860 bits per heavy atom. The molecule has 1 aliphatic rings. The molecular weight excluding hydrogens is 667 g/mol. The standard InChI is InChI=1S/C40H39N3O5S2/c1-4-5-8-23-47-32-19-15-29(16-20-32)35-34(36(44)30-17-21-33(22-18-30)48-24-31-10-7-6-9-27(31)3)37(45)38(46)43(35)39-41-42-40(50-39)49-25-28-13-11-26(2)12-14-28/h6-7,9-22,35,44H,4-5,8,23-25H2,1-3H3. The number of carbonyl (C=O) groups is 2. The maximum atomic E-state index is 13.8. The van der Waals surface area contributed by atoms with Gasteiger partial charge in [-0.2, -0.15) is 0 Å². The van der Waals surface area contributed by atoms with Gasteiger partial charge in [0.25, 0.3) is 5.78 Å². The Bertz CT molecular complexity index is 1970. The molecule has 1 atom stereocenters. The number of hydrogen-bond donors (Lipinski definition) is 1. The van der Waals surface area contributed by atoms with Gasteiger partial charge >= 0.3 is 5.91 Å². The number of rotatable bonds is 14. The van der Waals surface area contributed by atoms with Gasteiger partial charge < -0.3 is 14.6 Å². The number of nitrogens with zero attached hydrogens (tertiary/aromatic N) is 3. The first-order chi connectivity index (χ1) is 24.3. The van der Waals surface area contributed by atoms with Crippen molar-refractivity contribution in [3.05, 3.63) is 136 Å². The Morgan fingerprint density at radius 3 is 2.28 bits per heavy atom. The number of amides is 1. The van der Waals surface area contributed by atoms with Crippen LogP contribution in [-0.2, 0) is 21.9 Å². The van der Waals surface area contributed by atoms with Gasteiger partial charge in [0.05, 0.1) is 18.2 Å². The lowest BCUT2D eigenvalue weighted by atomic mass is 9.95. The summed E-state index contributed by atoms with van der Waals surface area (Å²) >= 11 is 2.75. The van der Waals surface area contributed by atoms with Crippen LogP contribution in [0.3, 0.4) is 0 Å².